The summed E-state index contributed by atoms with van der Waals surface area (Å²) in [5.74, 6) is 0.898. The van der Waals surface area contributed by atoms with Gasteiger partial charge in [0.25, 0.3) is 0 Å². The van der Waals surface area contributed by atoms with Gasteiger partial charge in [-0.3, -0.25) is 4.79 Å². The lowest BCUT2D eigenvalue weighted by molar-refractivity contribution is -0.121. The third-order valence-electron chi connectivity index (χ3n) is 3.43. The van der Waals surface area contributed by atoms with Crippen molar-refractivity contribution >= 4 is 18.3 Å². The first-order chi connectivity index (χ1) is 9.35. The molecular weight excluding hydrogens is 288 g/mol. The summed E-state index contributed by atoms with van der Waals surface area (Å²) in [6.07, 6.45) is 1.20. The fraction of sp³-hybridized carbons (Fsp3) is 0.562. The van der Waals surface area contributed by atoms with E-state index in [1.807, 2.05) is 31.2 Å². The van der Waals surface area contributed by atoms with Crippen LogP contribution >= 0.6 is 12.4 Å². The number of methoxy groups -OCH3 is 1. The topological polar surface area (TPSA) is 64.3 Å². The van der Waals surface area contributed by atoms with Gasteiger partial charge in [0.05, 0.1) is 7.11 Å². The number of hydrogen-bond acceptors (Lipinski definition) is 3. The third-order valence-corrected chi connectivity index (χ3v) is 3.43. The fourth-order valence-electron chi connectivity index (χ4n) is 1.91. The lowest BCUT2D eigenvalue weighted by Gasteiger charge is -2.26. The largest absolute Gasteiger partial charge is 0.497 e. The second-order valence-corrected chi connectivity index (χ2v) is 5.91. The number of nitrogens with one attached hydrogen (secondary N) is 1. The van der Waals surface area contributed by atoms with E-state index in [1.54, 1.807) is 7.11 Å². The van der Waals surface area contributed by atoms with Crippen LogP contribution in [0.2, 0.25) is 0 Å². The predicted octanol–water partition coefficient (Wildman–Crippen LogP) is 2.64. The Labute approximate surface area is 133 Å². The van der Waals surface area contributed by atoms with Crippen LogP contribution in [0.1, 0.15) is 39.2 Å². The second kappa shape index (κ2) is 8.90. The average molecular weight is 315 g/mol. The molecule has 0 aliphatic heterocycles. The van der Waals surface area contributed by atoms with Gasteiger partial charge in [-0.25, -0.2) is 0 Å². The van der Waals surface area contributed by atoms with E-state index in [2.05, 4.69) is 19.2 Å². The van der Waals surface area contributed by atoms with Gasteiger partial charge in [0.2, 0.25) is 5.91 Å². The van der Waals surface area contributed by atoms with Gasteiger partial charge in [-0.1, -0.05) is 26.0 Å². The van der Waals surface area contributed by atoms with Gasteiger partial charge in [0, 0.05) is 24.4 Å². The van der Waals surface area contributed by atoms with Crippen molar-refractivity contribution in [3.05, 3.63) is 29.8 Å². The van der Waals surface area contributed by atoms with Gasteiger partial charge in [-0.15, -0.1) is 12.4 Å². The molecule has 0 bridgehead atoms. The van der Waals surface area contributed by atoms with Crippen LogP contribution in [0.15, 0.2) is 24.3 Å². The van der Waals surface area contributed by atoms with E-state index in [1.165, 1.54) is 5.56 Å². The number of carbonyl (C=O) groups is 1. The summed E-state index contributed by atoms with van der Waals surface area (Å²) in [4.78, 5) is 11.7. The molecule has 0 fully saturated rings. The van der Waals surface area contributed by atoms with E-state index in [-0.39, 0.29) is 29.8 Å². The van der Waals surface area contributed by atoms with E-state index < -0.39 is 0 Å². The van der Waals surface area contributed by atoms with Gasteiger partial charge in [-0.2, -0.15) is 0 Å². The second-order valence-electron chi connectivity index (χ2n) is 5.91. The molecule has 0 spiro atoms. The number of rotatable bonds is 7. The summed E-state index contributed by atoms with van der Waals surface area (Å²) >= 11 is 0. The number of halogens is 1. The Morgan fingerprint density at radius 3 is 2.38 bits per heavy atom. The Morgan fingerprint density at radius 1 is 1.33 bits per heavy atom. The van der Waals surface area contributed by atoms with E-state index in [9.17, 15) is 4.79 Å². The van der Waals surface area contributed by atoms with Crippen LogP contribution in [0.4, 0.5) is 0 Å². The van der Waals surface area contributed by atoms with Crippen molar-refractivity contribution < 1.29 is 9.53 Å². The fourth-order valence-corrected chi connectivity index (χ4v) is 1.91. The molecule has 3 N–H and O–H groups in total. The zero-order chi connectivity index (χ0) is 15.2. The molecule has 1 amide bonds. The van der Waals surface area contributed by atoms with Gasteiger partial charge in [-0.05, 0) is 31.0 Å². The molecule has 4 nitrogen and oxygen atoms in total. The first kappa shape index (κ1) is 19.7. The maximum atomic E-state index is 11.7. The lowest BCUT2D eigenvalue weighted by Crippen LogP contribution is -2.37. The number of nitrogens with two attached hydrogens (primary N) is 1. The Hall–Kier alpha value is -1.26. The molecule has 0 aliphatic rings. The van der Waals surface area contributed by atoms with Crippen molar-refractivity contribution in [2.75, 3.05) is 13.7 Å². The van der Waals surface area contributed by atoms with Crippen LogP contribution in [0.25, 0.3) is 0 Å². The van der Waals surface area contributed by atoms with Crippen LogP contribution in [0.5, 0.6) is 5.75 Å². The monoisotopic (exact) mass is 314 g/mol. The van der Waals surface area contributed by atoms with Crippen molar-refractivity contribution in [2.45, 2.75) is 45.1 Å². The molecule has 0 aliphatic carbocycles. The molecule has 1 aromatic rings. The standard InChI is InChI=1S/C16H26N2O2.ClH/c1-12(17)5-10-15(19)18-11-16(2,3)13-6-8-14(20-4)9-7-13;/h6-9,12H,5,10-11,17H2,1-4H3,(H,18,19);1H. The summed E-state index contributed by atoms with van der Waals surface area (Å²) in [5, 5.41) is 2.98. The van der Waals surface area contributed by atoms with E-state index in [0.717, 1.165) is 12.2 Å². The SMILES string of the molecule is COc1ccc(C(C)(C)CNC(=O)CCC(C)N)cc1.Cl. The summed E-state index contributed by atoms with van der Waals surface area (Å²) in [6, 6.07) is 8.01. The zero-order valence-electron chi connectivity index (χ0n) is 13.3. The van der Waals surface area contributed by atoms with Crippen molar-refractivity contribution in [1.29, 1.82) is 0 Å². The van der Waals surface area contributed by atoms with E-state index in [0.29, 0.717) is 13.0 Å². The molecule has 120 valence electrons. The molecule has 1 aromatic carbocycles. The highest BCUT2D eigenvalue weighted by Gasteiger charge is 2.21. The van der Waals surface area contributed by atoms with Crippen LogP contribution in [-0.4, -0.2) is 25.6 Å². The molecule has 21 heavy (non-hydrogen) atoms. The smallest absolute Gasteiger partial charge is 0.220 e. The first-order valence-corrected chi connectivity index (χ1v) is 7.02. The van der Waals surface area contributed by atoms with Crippen LogP contribution < -0.4 is 15.8 Å². The number of benzene rings is 1. The zero-order valence-corrected chi connectivity index (χ0v) is 14.1. The highest BCUT2D eigenvalue weighted by atomic mass is 35.5. The minimum absolute atomic E-state index is 0. The maximum Gasteiger partial charge on any atom is 0.220 e. The molecule has 1 rings (SSSR count). The van der Waals surface area contributed by atoms with Crippen molar-refractivity contribution in [3.8, 4) is 5.75 Å². The molecular formula is C16H27ClN2O2. The van der Waals surface area contributed by atoms with Crippen molar-refractivity contribution in [2.24, 2.45) is 5.73 Å². The molecule has 0 heterocycles. The normalized spacial score (nSPS) is 12.2. The first-order valence-electron chi connectivity index (χ1n) is 7.02. The third kappa shape index (κ3) is 6.82. The van der Waals surface area contributed by atoms with Gasteiger partial charge in [0.15, 0.2) is 0 Å². The van der Waals surface area contributed by atoms with E-state index in [4.69, 9.17) is 10.5 Å². The minimum atomic E-state index is -0.115. The molecule has 0 aromatic heterocycles. The number of amides is 1. The lowest BCUT2D eigenvalue weighted by atomic mass is 9.84. The van der Waals surface area contributed by atoms with Gasteiger partial charge < -0.3 is 15.8 Å². The van der Waals surface area contributed by atoms with Gasteiger partial charge >= 0.3 is 0 Å². The minimum Gasteiger partial charge on any atom is -0.497 e. The van der Waals surface area contributed by atoms with Gasteiger partial charge in [0.1, 0.15) is 5.75 Å². The summed E-state index contributed by atoms with van der Waals surface area (Å²) in [6.45, 7) is 6.74. The number of carbonyl (C=O) groups excluding carboxylic acids is 1. The Balaban J connectivity index is 0.00000400. The number of hydrogen-bond donors (Lipinski definition) is 2. The summed E-state index contributed by atoms with van der Waals surface area (Å²) in [5.41, 5.74) is 6.71. The predicted molar refractivity (Wildman–Crippen MR) is 89.2 cm³/mol. The van der Waals surface area contributed by atoms with Crippen molar-refractivity contribution in [3.63, 3.8) is 0 Å². The Morgan fingerprint density at radius 2 is 1.90 bits per heavy atom. The molecule has 0 saturated carbocycles. The summed E-state index contributed by atoms with van der Waals surface area (Å²) < 4.78 is 5.15. The quantitative estimate of drug-likeness (QED) is 0.813. The Bertz CT molecular complexity index is 430. The maximum absolute atomic E-state index is 11.7. The summed E-state index contributed by atoms with van der Waals surface area (Å²) in [7, 11) is 1.65. The molecule has 1 unspecified atom stereocenters. The van der Waals surface area contributed by atoms with E-state index >= 15 is 0 Å². The molecule has 0 radical (unpaired) electrons. The number of ether oxygens (including phenoxy) is 1. The molecule has 0 saturated heterocycles. The highest BCUT2D eigenvalue weighted by Crippen LogP contribution is 2.24. The molecule has 5 heteroatoms. The van der Waals surface area contributed by atoms with Crippen LogP contribution in [-0.2, 0) is 10.2 Å². The average Bonchev–Trinajstić information content (AvgIpc) is 2.43. The Kier molecular flexibility index (Phi) is 8.37. The molecule has 1 atom stereocenters. The van der Waals surface area contributed by atoms with Crippen molar-refractivity contribution in [1.82, 2.24) is 5.32 Å². The van der Waals surface area contributed by atoms with Crippen LogP contribution in [0.3, 0.4) is 0 Å². The van der Waals surface area contributed by atoms with Crippen LogP contribution in [0, 0.1) is 0 Å². The highest BCUT2D eigenvalue weighted by molar-refractivity contribution is 5.85.